The van der Waals surface area contributed by atoms with Crippen LogP contribution in [0.2, 0.25) is 0 Å². The molecule has 0 aromatic carbocycles. The second-order valence-electron chi connectivity index (χ2n) is 3.47. The van der Waals surface area contributed by atoms with Crippen molar-refractivity contribution in [1.29, 1.82) is 0 Å². The van der Waals surface area contributed by atoms with Gasteiger partial charge in [-0.25, -0.2) is 5.84 Å². The zero-order valence-electron chi connectivity index (χ0n) is 9.21. The van der Waals surface area contributed by atoms with Gasteiger partial charge < -0.3 is 16.2 Å². The van der Waals surface area contributed by atoms with Gasteiger partial charge in [0, 0.05) is 0 Å². The Bertz CT molecular complexity index is 567. The predicted molar refractivity (Wildman–Crippen MR) is 63.2 cm³/mol. The minimum absolute atomic E-state index is 0.0728. The topological polar surface area (TPSA) is 168 Å². The van der Waals surface area contributed by atoms with Gasteiger partial charge in [-0.05, 0) is 0 Å². The first kappa shape index (κ1) is 12.0. The number of carbonyl (C=O) groups is 1. The lowest BCUT2D eigenvalue weighted by molar-refractivity contribution is -0.125. The molecule has 0 aliphatic carbocycles. The summed E-state index contributed by atoms with van der Waals surface area (Å²) in [6, 6.07) is 0. The van der Waals surface area contributed by atoms with Gasteiger partial charge in [0.15, 0.2) is 5.65 Å². The van der Waals surface area contributed by atoms with Crippen molar-refractivity contribution in [2.24, 2.45) is 11.6 Å². The molecule has 0 aliphatic heterocycles. The molecule has 0 saturated carbocycles. The Morgan fingerprint density at radius 3 is 3.00 bits per heavy atom. The number of aromatic nitrogens is 4. The number of nitrogens with one attached hydrogen (secondary N) is 3. The third-order valence-electron chi connectivity index (χ3n) is 2.23. The molecule has 0 aliphatic rings. The molecular formula is C8H12N8O2. The number of carbonyl (C=O) groups excluding carboxylic acids is 1. The number of hydrazine groups is 1. The molecule has 1 atom stereocenters. The third kappa shape index (κ3) is 2.28. The van der Waals surface area contributed by atoms with Gasteiger partial charge in [-0.1, -0.05) is 0 Å². The van der Waals surface area contributed by atoms with Crippen LogP contribution in [0.25, 0.3) is 11.0 Å². The van der Waals surface area contributed by atoms with Crippen molar-refractivity contribution in [3.63, 3.8) is 0 Å². The molecule has 2 aromatic heterocycles. The van der Waals surface area contributed by atoms with Crippen LogP contribution < -0.4 is 22.3 Å². The van der Waals surface area contributed by atoms with E-state index >= 15 is 0 Å². The number of nitrogen functional groups attached to an aromatic ring is 1. The van der Waals surface area contributed by atoms with Crippen molar-refractivity contribution in [1.82, 2.24) is 20.2 Å². The number of aliphatic hydroxyl groups excluding tert-OH is 1. The maximum Gasteiger partial charge on any atom is 0.248 e. The SMILES string of the molecule is NNc1nc(NCC(O)C(N)=O)c2cn[nH]c2n1. The molecular weight excluding hydrogens is 240 g/mol. The van der Waals surface area contributed by atoms with Gasteiger partial charge in [-0.2, -0.15) is 15.1 Å². The van der Waals surface area contributed by atoms with E-state index in [2.05, 4.69) is 30.9 Å². The highest BCUT2D eigenvalue weighted by Gasteiger charge is 2.13. The molecule has 1 amide bonds. The van der Waals surface area contributed by atoms with E-state index in [0.29, 0.717) is 16.9 Å². The van der Waals surface area contributed by atoms with Gasteiger partial charge in [-0.15, -0.1) is 0 Å². The second-order valence-corrected chi connectivity index (χ2v) is 3.47. The van der Waals surface area contributed by atoms with E-state index in [1.807, 2.05) is 0 Å². The molecule has 1 unspecified atom stereocenters. The maximum atomic E-state index is 10.7. The number of amides is 1. The molecule has 10 heteroatoms. The number of aromatic amines is 1. The fourth-order valence-electron chi connectivity index (χ4n) is 1.33. The van der Waals surface area contributed by atoms with Gasteiger partial charge in [0.25, 0.3) is 0 Å². The van der Waals surface area contributed by atoms with E-state index in [1.165, 1.54) is 6.20 Å². The molecule has 18 heavy (non-hydrogen) atoms. The minimum Gasteiger partial charge on any atom is -0.381 e. The summed E-state index contributed by atoms with van der Waals surface area (Å²) in [5.41, 5.74) is 7.70. The monoisotopic (exact) mass is 252 g/mol. The van der Waals surface area contributed by atoms with E-state index < -0.39 is 12.0 Å². The summed E-state index contributed by atoms with van der Waals surface area (Å²) in [5, 5.41) is 19.1. The Labute approximate surface area is 101 Å². The summed E-state index contributed by atoms with van der Waals surface area (Å²) in [6.45, 7) is -0.0728. The van der Waals surface area contributed by atoms with E-state index in [4.69, 9.17) is 11.6 Å². The molecule has 10 nitrogen and oxygen atoms in total. The molecule has 96 valence electrons. The summed E-state index contributed by atoms with van der Waals surface area (Å²) in [5.74, 6) is 4.95. The van der Waals surface area contributed by atoms with Crippen molar-refractivity contribution < 1.29 is 9.90 Å². The zero-order valence-corrected chi connectivity index (χ0v) is 9.21. The molecule has 2 heterocycles. The molecule has 0 radical (unpaired) electrons. The number of anilines is 2. The number of hydrogen-bond acceptors (Lipinski definition) is 8. The maximum absolute atomic E-state index is 10.7. The molecule has 0 saturated heterocycles. The van der Waals surface area contributed by atoms with Crippen molar-refractivity contribution in [2.45, 2.75) is 6.10 Å². The Kier molecular flexibility index (Phi) is 3.21. The summed E-state index contributed by atoms with van der Waals surface area (Å²) >= 11 is 0. The van der Waals surface area contributed by atoms with Crippen molar-refractivity contribution >= 4 is 28.7 Å². The summed E-state index contributed by atoms with van der Waals surface area (Å²) in [4.78, 5) is 18.8. The van der Waals surface area contributed by atoms with E-state index in [-0.39, 0.29) is 12.5 Å². The molecule has 2 aromatic rings. The highest BCUT2D eigenvalue weighted by atomic mass is 16.3. The lowest BCUT2D eigenvalue weighted by Gasteiger charge is -2.10. The van der Waals surface area contributed by atoms with Gasteiger partial charge in [-0.3, -0.25) is 15.3 Å². The molecule has 8 N–H and O–H groups in total. The summed E-state index contributed by atoms with van der Waals surface area (Å²) in [7, 11) is 0. The number of primary amides is 1. The Balaban J connectivity index is 2.25. The molecule has 0 bridgehead atoms. The highest BCUT2D eigenvalue weighted by Crippen LogP contribution is 2.19. The lowest BCUT2D eigenvalue weighted by atomic mass is 10.3. The first-order valence-electron chi connectivity index (χ1n) is 5.01. The first-order valence-corrected chi connectivity index (χ1v) is 5.01. The van der Waals surface area contributed by atoms with Crippen molar-refractivity contribution in [3.8, 4) is 0 Å². The van der Waals surface area contributed by atoms with Crippen LogP contribution in [-0.4, -0.2) is 43.8 Å². The van der Waals surface area contributed by atoms with E-state index in [0.717, 1.165) is 0 Å². The number of aliphatic hydroxyl groups is 1. The molecule has 0 spiro atoms. The van der Waals surface area contributed by atoms with E-state index in [1.54, 1.807) is 0 Å². The lowest BCUT2D eigenvalue weighted by Crippen LogP contribution is -2.34. The minimum atomic E-state index is -1.31. The van der Waals surface area contributed by atoms with Crippen LogP contribution in [0.3, 0.4) is 0 Å². The van der Waals surface area contributed by atoms with Gasteiger partial charge in [0.2, 0.25) is 11.9 Å². The second kappa shape index (κ2) is 4.81. The fraction of sp³-hybridized carbons (Fsp3) is 0.250. The number of rotatable bonds is 5. The molecule has 2 rings (SSSR count). The van der Waals surface area contributed by atoms with Crippen LogP contribution in [0.5, 0.6) is 0 Å². The number of hydrogen-bond donors (Lipinski definition) is 6. The van der Waals surface area contributed by atoms with Crippen LogP contribution in [0, 0.1) is 0 Å². The predicted octanol–water partition coefficient (Wildman–Crippen LogP) is -2.10. The smallest absolute Gasteiger partial charge is 0.248 e. The quantitative estimate of drug-likeness (QED) is 0.259. The fourth-order valence-corrected chi connectivity index (χ4v) is 1.33. The number of nitrogens with two attached hydrogens (primary N) is 2. The molecule has 0 fully saturated rings. The Hall–Kier alpha value is -2.46. The third-order valence-corrected chi connectivity index (χ3v) is 2.23. The van der Waals surface area contributed by atoms with Crippen LogP contribution in [0.15, 0.2) is 6.20 Å². The van der Waals surface area contributed by atoms with Crippen molar-refractivity contribution in [2.75, 3.05) is 17.3 Å². The average molecular weight is 252 g/mol. The number of fused-ring (bicyclic) bond motifs is 1. The van der Waals surface area contributed by atoms with Crippen LogP contribution >= 0.6 is 0 Å². The van der Waals surface area contributed by atoms with Gasteiger partial charge >= 0.3 is 0 Å². The van der Waals surface area contributed by atoms with E-state index in [9.17, 15) is 9.90 Å². The van der Waals surface area contributed by atoms with Gasteiger partial charge in [0.05, 0.1) is 18.1 Å². The average Bonchev–Trinajstić information content (AvgIpc) is 2.83. The largest absolute Gasteiger partial charge is 0.381 e. The number of nitrogens with zero attached hydrogens (tertiary/aromatic N) is 3. The Morgan fingerprint density at radius 2 is 2.33 bits per heavy atom. The normalized spacial score (nSPS) is 12.3. The number of H-pyrrole nitrogens is 1. The van der Waals surface area contributed by atoms with Crippen LogP contribution in [0.1, 0.15) is 0 Å². The zero-order chi connectivity index (χ0) is 13.1. The van der Waals surface area contributed by atoms with Crippen molar-refractivity contribution in [3.05, 3.63) is 6.20 Å². The van der Waals surface area contributed by atoms with Crippen LogP contribution in [0.4, 0.5) is 11.8 Å². The highest BCUT2D eigenvalue weighted by molar-refractivity contribution is 5.87. The Morgan fingerprint density at radius 1 is 1.56 bits per heavy atom. The van der Waals surface area contributed by atoms with Gasteiger partial charge in [0.1, 0.15) is 11.9 Å². The first-order chi connectivity index (χ1) is 8.61. The standard InChI is InChI=1S/C8H12N8O2/c9-5(18)4(17)2-11-6-3-1-12-16-7(3)14-8(13-6)15-10/h1,4,17H,2,10H2,(H2,9,18)(H3,11,12,13,14,15,16). The summed E-state index contributed by atoms with van der Waals surface area (Å²) < 4.78 is 0. The van der Waals surface area contributed by atoms with Crippen LogP contribution in [-0.2, 0) is 4.79 Å². The summed E-state index contributed by atoms with van der Waals surface area (Å²) in [6.07, 6.45) is 0.199.